The molecule has 1 aromatic carbocycles. The second kappa shape index (κ2) is 7.79. The summed E-state index contributed by atoms with van der Waals surface area (Å²) in [6.07, 6.45) is 0.606. The monoisotopic (exact) mass is 323 g/mol. The molecular formula is C15H18ClN3O3. The van der Waals surface area contributed by atoms with E-state index in [0.29, 0.717) is 37.7 Å². The normalized spacial score (nSPS) is 14.6. The zero-order chi connectivity index (χ0) is 15.9. The van der Waals surface area contributed by atoms with Gasteiger partial charge >= 0.3 is 0 Å². The smallest absolute Gasteiger partial charge is 0.232 e. The number of piperazine rings is 1. The quantitative estimate of drug-likeness (QED) is 0.639. The molecule has 0 saturated carbocycles. The van der Waals surface area contributed by atoms with E-state index in [4.69, 9.17) is 11.6 Å². The van der Waals surface area contributed by atoms with Crippen LogP contribution in [0, 0.1) is 0 Å². The van der Waals surface area contributed by atoms with Crippen molar-refractivity contribution in [2.75, 3.05) is 26.2 Å². The summed E-state index contributed by atoms with van der Waals surface area (Å²) in [7, 11) is 0. The van der Waals surface area contributed by atoms with Crippen molar-refractivity contribution in [3.8, 4) is 0 Å². The summed E-state index contributed by atoms with van der Waals surface area (Å²) in [6, 6.07) is 7.15. The van der Waals surface area contributed by atoms with Gasteiger partial charge in [0.2, 0.25) is 18.2 Å². The molecule has 0 unspecified atom stereocenters. The van der Waals surface area contributed by atoms with Crippen molar-refractivity contribution in [1.82, 2.24) is 15.1 Å². The van der Waals surface area contributed by atoms with Crippen molar-refractivity contribution in [3.05, 3.63) is 34.9 Å². The van der Waals surface area contributed by atoms with E-state index in [9.17, 15) is 14.4 Å². The lowest BCUT2D eigenvalue weighted by molar-refractivity contribution is -0.139. The van der Waals surface area contributed by atoms with E-state index in [1.165, 1.54) is 0 Å². The first-order chi connectivity index (χ1) is 10.6. The average Bonchev–Trinajstić information content (AvgIpc) is 2.54. The molecule has 22 heavy (non-hydrogen) atoms. The van der Waals surface area contributed by atoms with Crippen LogP contribution in [0.1, 0.15) is 12.0 Å². The molecule has 1 N–H and O–H groups in total. The van der Waals surface area contributed by atoms with Gasteiger partial charge in [0.05, 0.1) is 0 Å². The third kappa shape index (κ3) is 4.73. The predicted molar refractivity (Wildman–Crippen MR) is 82.1 cm³/mol. The van der Waals surface area contributed by atoms with Crippen LogP contribution in [0.3, 0.4) is 0 Å². The Morgan fingerprint density at radius 1 is 1.14 bits per heavy atom. The van der Waals surface area contributed by atoms with E-state index in [0.717, 1.165) is 12.0 Å². The zero-order valence-corrected chi connectivity index (χ0v) is 12.9. The zero-order valence-electron chi connectivity index (χ0n) is 12.1. The molecule has 0 atom stereocenters. The van der Waals surface area contributed by atoms with Crippen molar-refractivity contribution in [1.29, 1.82) is 0 Å². The van der Waals surface area contributed by atoms with Gasteiger partial charge in [-0.25, -0.2) is 0 Å². The van der Waals surface area contributed by atoms with Crippen LogP contribution < -0.4 is 5.32 Å². The molecular weight excluding hydrogens is 306 g/mol. The van der Waals surface area contributed by atoms with Gasteiger partial charge < -0.3 is 15.1 Å². The lowest BCUT2D eigenvalue weighted by Gasteiger charge is -2.32. The molecule has 1 fully saturated rings. The molecule has 0 spiro atoms. The fourth-order valence-corrected chi connectivity index (χ4v) is 2.32. The standard InChI is InChI=1S/C15H18ClN3O3/c16-13-3-1-12(2-4-13)10-17-14(21)9-15(22)19-7-5-18(11-20)6-8-19/h1-4,11H,5-10H2,(H,17,21). The maximum absolute atomic E-state index is 12.0. The molecule has 0 aromatic heterocycles. The van der Waals surface area contributed by atoms with Crippen LogP contribution in [-0.2, 0) is 20.9 Å². The Morgan fingerprint density at radius 3 is 2.36 bits per heavy atom. The Bertz CT molecular complexity index is 539. The molecule has 7 heteroatoms. The summed E-state index contributed by atoms with van der Waals surface area (Å²) < 4.78 is 0. The number of amides is 3. The first-order valence-electron chi connectivity index (χ1n) is 7.07. The molecule has 2 rings (SSSR count). The lowest BCUT2D eigenvalue weighted by Crippen LogP contribution is -2.48. The summed E-state index contributed by atoms with van der Waals surface area (Å²) in [5.41, 5.74) is 0.921. The van der Waals surface area contributed by atoms with E-state index < -0.39 is 0 Å². The first kappa shape index (κ1) is 16.3. The van der Waals surface area contributed by atoms with Crippen LogP contribution in [0.25, 0.3) is 0 Å². The van der Waals surface area contributed by atoms with Gasteiger partial charge in [-0.3, -0.25) is 14.4 Å². The van der Waals surface area contributed by atoms with Crippen LogP contribution in [0.4, 0.5) is 0 Å². The van der Waals surface area contributed by atoms with Gasteiger partial charge in [-0.05, 0) is 17.7 Å². The second-order valence-corrected chi connectivity index (χ2v) is 5.54. The number of hydrogen-bond donors (Lipinski definition) is 1. The fourth-order valence-electron chi connectivity index (χ4n) is 2.19. The van der Waals surface area contributed by atoms with Crippen molar-refractivity contribution < 1.29 is 14.4 Å². The highest BCUT2D eigenvalue weighted by Crippen LogP contribution is 2.09. The molecule has 0 bridgehead atoms. The van der Waals surface area contributed by atoms with Crippen molar-refractivity contribution in [2.24, 2.45) is 0 Å². The van der Waals surface area contributed by atoms with Gasteiger partial charge in [0, 0.05) is 37.7 Å². The number of halogens is 1. The van der Waals surface area contributed by atoms with Gasteiger partial charge in [0.1, 0.15) is 6.42 Å². The van der Waals surface area contributed by atoms with E-state index >= 15 is 0 Å². The largest absolute Gasteiger partial charge is 0.352 e. The summed E-state index contributed by atoms with van der Waals surface area (Å²) in [6.45, 7) is 2.34. The van der Waals surface area contributed by atoms with Crippen LogP contribution in [0.5, 0.6) is 0 Å². The third-order valence-corrected chi connectivity index (χ3v) is 3.78. The van der Waals surface area contributed by atoms with E-state index in [1.807, 2.05) is 12.1 Å². The number of carbonyl (C=O) groups excluding carboxylic acids is 3. The Kier molecular flexibility index (Phi) is 5.77. The topological polar surface area (TPSA) is 69.7 Å². The average molecular weight is 324 g/mol. The molecule has 6 nitrogen and oxygen atoms in total. The highest BCUT2D eigenvalue weighted by Gasteiger charge is 2.21. The van der Waals surface area contributed by atoms with Crippen LogP contribution >= 0.6 is 11.6 Å². The first-order valence-corrected chi connectivity index (χ1v) is 7.44. The van der Waals surface area contributed by atoms with E-state index in [-0.39, 0.29) is 18.2 Å². The SMILES string of the molecule is O=CN1CCN(C(=O)CC(=O)NCc2ccc(Cl)cc2)CC1. The van der Waals surface area contributed by atoms with Crippen LogP contribution in [-0.4, -0.2) is 54.2 Å². The number of carbonyl (C=O) groups is 3. The number of benzene rings is 1. The van der Waals surface area contributed by atoms with Crippen molar-refractivity contribution in [3.63, 3.8) is 0 Å². The van der Waals surface area contributed by atoms with Crippen molar-refractivity contribution >= 4 is 29.8 Å². The van der Waals surface area contributed by atoms with E-state index in [1.54, 1.807) is 21.9 Å². The molecule has 1 aromatic rings. The fraction of sp³-hybridized carbons (Fsp3) is 0.400. The van der Waals surface area contributed by atoms with Gasteiger partial charge in [-0.1, -0.05) is 23.7 Å². The Labute approximate surface area is 134 Å². The minimum atomic E-state index is -0.308. The summed E-state index contributed by atoms with van der Waals surface area (Å²) >= 11 is 5.79. The van der Waals surface area contributed by atoms with E-state index in [2.05, 4.69) is 5.32 Å². The van der Waals surface area contributed by atoms with Gasteiger partial charge in [0.25, 0.3) is 0 Å². The van der Waals surface area contributed by atoms with Crippen molar-refractivity contribution in [2.45, 2.75) is 13.0 Å². The minimum absolute atomic E-state index is 0.172. The summed E-state index contributed by atoms with van der Waals surface area (Å²) in [5.74, 6) is -0.517. The van der Waals surface area contributed by atoms with Crippen LogP contribution in [0.2, 0.25) is 5.02 Å². The maximum Gasteiger partial charge on any atom is 0.232 e. The molecule has 3 amide bonds. The predicted octanol–water partition coefficient (Wildman–Crippen LogP) is 0.647. The Morgan fingerprint density at radius 2 is 1.77 bits per heavy atom. The van der Waals surface area contributed by atoms with Crippen LogP contribution in [0.15, 0.2) is 24.3 Å². The second-order valence-electron chi connectivity index (χ2n) is 5.10. The lowest BCUT2D eigenvalue weighted by atomic mass is 10.2. The molecule has 1 heterocycles. The number of nitrogens with zero attached hydrogens (tertiary/aromatic N) is 2. The molecule has 1 aliphatic rings. The Balaban J connectivity index is 1.73. The molecule has 118 valence electrons. The highest BCUT2D eigenvalue weighted by molar-refractivity contribution is 6.30. The number of rotatable bonds is 5. The van der Waals surface area contributed by atoms with Gasteiger partial charge in [-0.15, -0.1) is 0 Å². The number of nitrogens with one attached hydrogen (secondary N) is 1. The third-order valence-electron chi connectivity index (χ3n) is 3.53. The Hall–Kier alpha value is -2.08. The minimum Gasteiger partial charge on any atom is -0.352 e. The summed E-state index contributed by atoms with van der Waals surface area (Å²) in [5, 5.41) is 3.35. The molecule has 0 radical (unpaired) electrons. The highest BCUT2D eigenvalue weighted by atomic mass is 35.5. The molecule has 0 aliphatic carbocycles. The number of hydrogen-bond acceptors (Lipinski definition) is 3. The maximum atomic E-state index is 12.0. The van der Waals surface area contributed by atoms with Gasteiger partial charge in [-0.2, -0.15) is 0 Å². The summed E-state index contributed by atoms with van der Waals surface area (Å²) in [4.78, 5) is 37.6. The van der Waals surface area contributed by atoms with Gasteiger partial charge in [0.15, 0.2) is 0 Å². The molecule has 1 saturated heterocycles. The molecule has 1 aliphatic heterocycles.